The molecule has 2 N–H and O–H groups in total. The van der Waals surface area contributed by atoms with Crippen LogP contribution in [0.25, 0.3) is 0 Å². The molecule has 0 unspecified atom stereocenters. The van der Waals surface area contributed by atoms with Gasteiger partial charge in [0.15, 0.2) is 0 Å². The molecule has 4 atom stereocenters. The van der Waals surface area contributed by atoms with E-state index in [9.17, 15) is 9.59 Å². The van der Waals surface area contributed by atoms with Gasteiger partial charge in [-0.25, -0.2) is 0 Å². The molecule has 1 spiro atoms. The molecule has 3 fully saturated rings. The lowest BCUT2D eigenvalue weighted by Crippen LogP contribution is -2.41. The topological polar surface area (TPSA) is 70.7 Å². The number of ether oxygens (including phenoxy) is 1. The molecule has 1 aromatic heterocycles. The third-order valence-corrected chi connectivity index (χ3v) is 6.78. The van der Waals surface area contributed by atoms with Crippen LogP contribution in [-0.2, 0) is 9.53 Å². The van der Waals surface area contributed by atoms with E-state index in [0.29, 0.717) is 31.5 Å². The number of thiophene rings is 1. The van der Waals surface area contributed by atoms with Crippen molar-refractivity contribution in [2.45, 2.75) is 24.5 Å². The Balaban J connectivity index is 1.36. The Bertz CT molecular complexity index is 692. The quantitative estimate of drug-likeness (QED) is 0.704. The third-order valence-electron chi connectivity index (χ3n) is 5.91. The average Bonchev–Trinajstić information content (AvgIpc) is 3.38. The molecule has 2 bridgehead atoms. The van der Waals surface area contributed by atoms with Gasteiger partial charge in [0.25, 0.3) is 5.91 Å². The number of likely N-dealkylation sites (tertiary alicyclic amines) is 1. The van der Waals surface area contributed by atoms with E-state index in [0.717, 1.165) is 30.8 Å². The molecule has 140 valence electrons. The van der Waals surface area contributed by atoms with Crippen LogP contribution in [0.15, 0.2) is 30.2 Å². The van der Waals surface area contributed by atoms with Crippen molar-refractivity contribution in [2.75, 3.05) is 32.7 Å². The van der Waals surface area contributed by atoms with E-state index in [1.165, 1.54) is 11.3 Å². The summed E-state index contributed by atoms with van der Waals surface area (Å²) in [6.45, 7) is 6.83. The van der Waals surface area contributed by atoms with Crippen LogP contribution in [0.1, 0.15) is 22.5 Å². The standard InChI is InChI=1S/C19H25N3O3S/c1-2-7-20-17(23)11-22-10-14-13(15-5-6-19(14,12-22)25-15)9-21-18(24)16-4-3-8-26-16/h2-4,8,13-15H,1,5-7,9-12H2,(H,20,23)(H,21,24)/t13-,14+,15+,19+/m0/s1. The fourth-order valence-electron chi connectivity index (χ4n) is 4.83. The summed E-state index contributed by atoms with van der Waals surface area (Å²) in [4.78, 5) is 27.2. The molecule has 0 saturated carbocycles. The Morgan fingerprint density at radius 3 is 3.12 bits per heavy atom. The van der Waals surface area contributed by atoms with E-state index in [2.05, 4.69) is 22.1 Å². The number of rotatable bonds is 7. The summed E-state index contributed by atoms with van der Waals surface area (Å²) in [7, 11) is 0. The van der Waals surface area contributed by atoms with Crippen molar-refractivity contribution in [3.63, 3.8) is 0 Å². The molecule has 4 rings (SSSR count). The van der Waals surface area contributed by atoms with E-state index in [1.54, 1.807) is 6.08 Å². The van der Waals surface area contributed by atoms with E-state index in [-0.39, 0.29) is 23.5 Å². The van der Waals surface area contributed by atoms with Crippen molar-refractivity contribution in [2.24, 2.45) is 11.8 Å². The zero-order valence-electron chi connectivity index (χ0n) is 14.8. The minimum absolute atomic E-state index is 0.00419. The summed E-state index contributed by atoms with van der Waals surface area (Å²) in [5, 5.41) is 7.84. The third kappa shape index (κ3) is 3.19. The smallest absolute Gasteiger partial charge is 0.261 e. The molecule has 4 heterocycles. The normalized spacial score (nSPS) is 32.4. The van der Waals surface area contributed by atoms with Crippen LogP contribution in [0.3, 0.4) is 0 Å². The molecule has 0 aliphatic carbocycles. The van der Waals surface area contributed by atoms with Gasteiger partial charge in [0.2, 0.25) is 5.91 Å². The number of amides is 2. The molecule has 6 nitrogen and oxygen atoms in total. The molecule has 3 aliphatic rings. The maximum atomic E-state index is 12.3. The van der Waals surface area contributed by atoms with E-state index < -0.39 is 0 Å². The van der Waals surface area contributed by atoms with Gasteiger partial charge in [-0.1, -0.05) is 12.1 Å². The highest BCUT2D eigenvalue weighted by Gasteiger charge is 2.62. The van der Waals surface area contributed by atoms with Crippen LogP contribution < -0.4 is 10.6 Å². The maximum Gasteiger partial charge on any atom is 0.261 e. The summed E-state index contributed by atoms with van der Waals surface area (Å²) >= 11 is 1.46. The summed E-state index contributed by atoms with van der Waals surface area (Å²) in [5.74, 6) is 0.736. The van der Waals surface area contributed by atoms with Crippen molar-refractivity contribution < 1.29 is 14.3 Å². The van der Waals surface area contributed by atoms with Crippen molar-refractivity contribution in [1.82, 2.24) is 15.5 Å². The van der Waals surface area contributed by atoms with Crippen LogP contribution in [0.4, 0.5) is 0 Å². The highest BCUT2D eigenvalue weighted by Crippen LogP contribution is 2.54. The highest BCUT2D eigenvalue weighted by atomic mass is 32.1. The van der Waals surface area contributed by atoms with Gasteiger partial charge in [-0.3, -0.25) is 14.5 Å². The van der Waals surface area contributed by atoms with Crippen LogP contribution in [0, 0.1) is 11.8 Å². The monoisotopic (exact) mass is 375 g/mol. The molecule has 0 radical (unpaired) electrons. The van der Waals surface area contributed by atoms with Crippen molar-refractivity contribution in [3.05, 3.63) is 35.0 Å². The molecule has 3 saturated heterocycles. The second-order valence-corrected chi connectivity index (χ2v) is 8.43. The minimum Gasteiger partial charge on any atom is -0.370 e. The summed E-state index contributed by atoms with van der Waals surface area (Å²) in [6, 6.07) is 3.74. The maximum absolute atomic E-state index is 12.3. The SMILES string of the molecule is C=CCNC(=O)CN1C[C@@H]2[C@H](CNC(=O)c3cccs3)[C@H]3CC[C@]2(C1)O3. The Morgan fingerprint density at radius 1 is 1.46 bits per heavy atom. The first kappa shape index (κ1) is 17.7. The van der Waals surface area contributed by atoms with E-state index in [1.807, 2.05) is 17.5 Å². The van der Waals surface area contributed by atoms with Gasteiger partial charge in [0.05, 0.1) is 23.1 Å². The number of fused-ring (bicyclic) bond motifs is 1. The fourth-order valence-corrected chi connectivity index (χ4v) is 5.47. The van der Waals surface area contributed by atoms with Crippen molar-refractivity contribution >= 4 is 23.2 Å². The van der Waals surface area contributed by atoms with Crippen LogP contribution >= 0.6 is 11.3 Å². The predicted octanol–water partition coefficient (Wildman–Crippen LogP) is 1.26. The first-order valence-corrected chi connectivity index (χ1v) is 10.1. The van der Waals surface area contributed by atoms with E-state index >= 15 is 0 Å². The molecule has 7 heteroatoms. The van der Waals surface area contributed by atoms with Crippen molar-refractivity contribution in [3.8, 4) is 0 Å². The van der Waals surface area contributed by atoms with Gasteiger partial charge in [-0.05, 0) is 24.3 Å². The molecule has 26 heavy (non-hydrogen) atoms. The van der Waals surface area contributed by atoms with Gasteiger partial charge in [0.1, 0.15) is 0 Å². The second-order valence-electron chi connectivity index (χ2n) is 7.48. The summed E-state index contributed by atoms with van der Waals surface area (Å²) < 4.78 is 6.37. The molecule has 3 aliphatic heterocycles. The number of carbonyl (C=O) groups is 2. The molecule has 2 amide bonds. The fraction of sp³-hybridized carbons (Fsp3) is 0.579. The van der Waals surface area contributed by atoms with Gasteiger partial charge in [-0.2, -0.15) is 0 Å². The van der Waals surface area contributed by atoms with Gasteiger partial charge in [-0.15, -0.1) is 17.9 Å². The molecule has 1 aromatic rings. The van der Waals surface area contributed by atoms with E-state index in [4.69, 9.17) is 4.74 Å². The lowest BCUT2D eigenvalue weighted by Gasteiger charge is -2.29. The van der Waals surface area contributed by atoms with Crippen LogP contribution in [-0.4, -0.2) is 61.1 Å². The lowest BCUT2D eigenvalue weighted by atomic mass is 9.73. The highest BCUT2D eigenvalue weighted by molar-refractivity contribution is 7.12. The minimum atomic E-state index is -0.123. The van der Waals surface area contributed by atoms with Gasteiger partial charge < -0.3 is 15.4 Å². The van der Waals surface area contributed by atoms with Crippen LogP contribution in [0.5, 0.6) is 0 Å². The number of nitrogens with one attached hydrogen (secondary N) is 2. The Kier molecular flexibility index (Phi) is 4.86. The first-order valence-electron chi connectivity index (χ1n) is 9.21. The zero-order valence-corrected chi connectivity index (χ0v) is 15.6. The number of nitrogens with zero attached hydrogens (tertiary/aromatic N) is 1. The number of hydrogen-bond donors (Lipinski definition) is 2. The predicted molar refractivity (Wildman–Crippen MR) is 100 cm³/mol. The largest absolute Gasteiger partial charge is 0.370 e. The molecular weight excluding hydrogens is 350 g/mol. The van der Waals surface area contributed by atoms with Crippen molar-refractivity contribution in [1.29, 1.82) is 0 Å². The summed E-state index contributed by atoms with van der Waals surface area (Å²) in [5.41, 5.74) is -0.123. The lowest BCUT2D eigenvalue weighted by molar-refractivity contribution is -0.122. The Morgan fingerprint density at radius 2 is 2.35 bits per heavy atom. The van der Waals surface area contributed by atoms with Gasteiger partial charge >= 0.3 is 0 Å². The summed E-state index contributed by atoms with van der Waals surface area (Å²) in [6.07, 6.45) is 4.03. The number of hydrogen-bond acceptors (Lipinski definition) is 5. The Hall–Kier alpha value is -1.70. The Labute approximate surface area is 157 Å². The molecule has 0 aromatic carbocycles. The first-order chi connectivity index (χ1) is 12.6. The zero-order chi connectivity index (χ0) is 18.1. The second kappa shape index (κ2) is 7.13. The van der Waals surface area contributed by atoms with Gasteiger partial charge in [0, 0.05) is 38.0 Å². The number of carbonyl (C=O) groups excluding carboxylic acids is 2. The average molecular weight is 375 g/mol. The van der Waals surface area contributed by atoms with Crippen LogP contribution in [0.2, 0.25) is 0 Å². The molecular formula is C19H25N3O3S.